The highest BCUT2D eigenvalue weighted by Gasteiger charge is 2.71. The van der Waals surface area contributed by atoms with Crippen LogP contribution >= 0.6 is 0 Å². The molecule has 5 heteroatoms. The molecule has 2 aliphatic rings. The van der Waals surface area contributed by atoms with Crippen molar-refractivity contribution < 1.29 is 19.5 Å². The Hall–Kier alpha value is -2.21. The van der Waals surface area contributed by atoms with Gasteiger partial charge in [-0.1, -0.05) is 50.2 Å². The van der Waals surface area contributed by atoms with Crippen LogP contribution in [-0.2, 0) is 16.2 Å². The topological polar surface area (TPSA) is 67.8 Å². The third-order valence-corrected chi connectivity index (χ3v) is 4.96. The molecule has 124 valence electrons. The van der Waals surface area contributed by atoms with Gasteiger partial charge in [0.25, 0.3) is 0 Å². The average molecular weight is 325 g/mol. The van der Waals surface area contributed by atoms with Crippen molar-refractivity contribution in [3.05, 3.63) is 64.7 Å². The minimum Gasteiger partial charge on any atom is -0.462 e. The maximum absolute atomic E-state index is 13.0. The first-order valence-electron chi connectivity index (χ1n) is 7.96. The van der Waals surface area contributed by atoms with Gasteiger partial charge in [-0.3, -0.25) is 4.79 Å². The minimum atomic E-state index is -1.86. The molecule has 2 atom stereocenters. The van der Waals surface area contributed by atoms with E-state index in [1.165, 1.54) is 7.11 Å². The van der Waals surface area contributed by atoms with Gasteiger partial charge in [0.05, 0.1) is 7.11 Å². The van der Waals surface area contributed by atoms with Gasteiger partial charge in [0.1, 0.15) is 5.75 Å². The lowest BCUT2D eigenvalue weighted by Crippen LogP contribution is -2.57. The first-order valence-corrected chi connectivity index (χ1v) is 7.96. The summed E-state index contributed by atoms with van der Waals surface area (Å²) in [5, 5.41) is 11.5. The molecule has 24 heavy (non-hydrogen) atoms. The van der Waals surface area contributed by atoms with Gasteiger partial charge in [-0.2, -0.15) is 5.48 Å². The normalized spacial score (nSPS) is 27.0. The van der Waals surface area contributed by atoms with Crippen molar-refractivity contribution in [1.82, 2.24) is 5.48 Å². The molecule has 1 aliphatic heterocycles. The van der Waals surface area contributed by atoms with Crippen molar-refractivity contribution in [3.63, 3.8) is 0 Å². The van der Waals surface area contributed by atoms with E-state index < -0.39 is 17.1 Å². The number of carbonyl (C=O) groups excluding carboxylic acids is 1. The van der Waals surface area contributed by atoms with Gasteiger partial charge in [-0.25, -0.2) is 0 Å². The van der Waals surface area contributed by atoms with Crippen LogP contribution in [0.1, 0.15) is 46.8 Å². The van der Waals surface area contributed by atoms with Crippen LogP contribution in [0.25, 0.3) is 0 Å². The fourth-order valence-corrected chi connectivity index (χ4v) is 3.72. The van der Waals surface area contributed by atoms with Gasteiger partial charge < -0.3 is 14.7 Å². The number of hydrogen-bond acceptors (Lipinski definition) is 5. The first-order chi connectivity index (χ1) is 11.5. The maximum Gasteiger partial charge on any atom is 0.249 e. The maximum atomic E-state index is 13.0. The zero-order valence-electron chi connectivity index (χ0n) is 13.8. The van der Waals surface area contributed by atoms with Crippen LogP contribution < -0.4 is 10.2 Å². The van der Waals surface area contributed by atoms with E-state index in [4.69, 9.17) is 9.57 Å². The molecule has 0 saturated heterocycles. The summed E-state index contributed by atoms with van der Waals surface area (Å²) in [6.07, 6.45) is 0. The first kappa shape index (κ1) is 15.3. The van der Waals surface area contributed by atoms with Crippen LogP contribution in [-0.4, -0.2) is 18.0 Å². The molecule has 0 bridgehead atoms. The van der Waals surface area contributed by atoms with E-state index in [-0.39, 0.29) is 0 Å². The van der Waals surface area contributed by atoms with E-state index in [1.54, 1.807) is 24.3 Å². The molecule has 0 aromatic heterocycles. The number of ether oxygens (including phenoxy) is 1. The highest BCUT2D eigenvalue weighted by atomic mass is 16.7. The van der Waals surface area contributed by atoms with E-state index in [0.29, 0.717) is 28.4 Å². The Labute approximate surface area is 140 Å². The van der Waals surface area contributed by atoms with Gasteiger partial charge in [-0.15, -0.1) is 0 Å². The van der Waals surface area contributed by atoms with E-state index >= 15 is 0 Å². The highest BCUT2D eigenvalue weighted by Crippen LogP contribution is 2.58. The predicted molar refractivity (Wildman–Crippen MR) is 87.7 cm³/mol. The van der Waals surface area contributed by atoms with Crippen molar-refractivity contribution in [1.29, 1.82) is 0 Å². The molecule has 0 amide bonds. The van der Waals surface area contributed by atoms with Gasteiger partial charge in [0.2, 0.25) is 17.1 Å². The summed E-state index contributed by atoms with van der Waals surface area (Å²) in [5.41, 5.74) is 1.94. The molecule has 0 spiro atoms. The summed E-state index contributed by atoms with van der Waals surface area (Å²) in [6, 6.07) is 12.6. The third-order valence-electron chi connectivity index (χ3n) is 4.96. The van der Waals surface area contributed by atoms with Crippen LogP contribution in [0.15, 0.2) is 42.5 Å². The van der Waals surface area contributed by atoms with Crippen molar-refractivity contribution in [2.75, 3.05) is 7.11 Å². The van der Waals surface area contributed by atoms with Gasteiger partial charge in [-0.05, 0) is 17.5 Å². The zero-order valence-corrected chi connectivity index (χ0v) is 13.8. The smallest absolute Gasteiger partial charge is 0.249 e. The average Bonchev–Trinajstić information content (AvgIpc) is 2.93. The highest BCUT2D eigenvalue weighted by molar-refractivity contribution is 6.09. The van der Waals surface area contributed by atoms with E-state index in [0.717, 1.165) is 5.56 Å². The molecular weight excluding hydrogens is 306 g/mol. The number of nitrogens with one attached hydrogen (secondary N) is 1. The van der Waals surface area contributed by atoms with E-state index in [1.807, 2.05) is 18.2 Å². The van der Waals surface area contributed by atoms with Crippen molar-refractivity contribution in [3.8, 4) is 5.75 Å². The molecule has 4 rings (SSSR count). The number of Topliss-reactive ketones (excluding diaryl/α,β-unsaturated/α-hetero) is 1. The summed E-state index contributed by atoms with van der Waals surface area (Å²) in [4.78, 5) is 18.2. The van der Waals surface area contributed by atoms with Crippen LogP contribution in [0.2, 0.25) is 0 Å². The molecule has 2 unspecified atom stereocenters. The molecule has 0 radical (unpaired) electrons. The predicted octanol–water partition coefficient (Wildman–Crippen LogP) is 2.59. The quantitative estimate of drug-likeness (QED) is 0.849. The summed E-state index contributed by atoms with van der Waals surface area (Å²) in [5.74, 6) is 0.415. The Morgan fingerprint density at radius 3 is 2.62 bits per heavy atom. The molecule has 5 nitrogen and oxygen atoms in total. The number of aliphatic hydroxyl groups is 1. The number of rotatable bonds is 3. The van der Waals surface area contributed by atoms with Gasteiger partial charge >= 0.3 is 0 Å². The SMILES string of the molecule is CONC12Oc3cc(C(C)C)ccc3C1(O)C(=O)c1ccccc12. The molecular formula is C19H19NO4. The Kier molecular flexibility index (Phi) is 3.12. The fraction of sp³-hybridized carbons (Fsp3) is 0.316. The molecule has 0 saturated carbocycles. The van der Waals surface area contributed by atoms with E-state index in [2.05, 4.69) is 19.3 Å². The number of carbonyl (C=O) groups is 1. The lowest BCUT2D eigenvalue weighted by Gasteiger charge is -2.34. The zero-order chi connectivity index (χ0) is 17.1. The summed E-state index contributed by atoms with van der Waals surface area (Å²) in [7, 11) is 1.44. The number of fused-ring (bicyclic) bond motifs is 5. The van der Waals surface area contributed by atoms with Crippen molar-refractivity contribution in [2.45, 2.75) is 31.1 Å². The van der Waals surface area contributed by atoms with Gasteiger partial charge in [0.15, 0.2) is 0 Å². The molecule has 2 aromatic carbocycles. The standard InChI is InChI=1S/C19H19NO4/c1-11(2)12-8-9-15-16(10-12)24-19(20-23-3)14-7-5-4-6-13(14)17(21)18(15,19)22/h4-11,20,22H,1-3H3. The number of ketones is 1. The lowest BCUT2D eigenvalue weighted by molar-refractivity contribution is -0.174. The largest absolute Gasteiger partial charge is 0.462 e. The van der Waals surface area contributed by atoms with Gasteiger partial charge in [0, 0.05) is 16.7 Å². The van der Waals surface area contributed by atoms with Crippen molar-refractivity contribution in [2.24, 2.45) is 0 Å². The monoisotopic (exact) mass is 325 g/mol. The summed E-state index contributed by atoms with van der Waals surface area (Å²) >= 11 is 0. The third kappa shape index (κ3) is 1.61. The Balaban J connectivity index is 1.98. The minimum absolute atomic E-state index is 0.309. The number of benzene rings is 2. The van der Waals surface area contributed by atoms with E-state index in [9.17, 15) is 9.90 Å². The summed E-state index contributed by atoms with van der Waals surface area (Å²) in [6.45, 7) is 4.16. The molecule has 2 aromatic rings. The lowest BCUT2D eigenvalue weighted by atomic mass is 9.84. The van der Waals surface area contributed by atoms with Crippen LogP contribution in [0.3, 0.4) is 0 Å². The number of hydrogen-bond donors (Lipinski definition) is 2. The molecule has 0 fully saturated rings. The fourth-order valence-electron chi connectivity index (χ4n) is 3.72. The Bertz CT molecular complexity index is 847. The number of hydroxylamine groups is 1. The molecule has 2 N–H and O–H groups in total. The second kappa shape index (κ2) is 4.89. The Morgan fingerprint density at radius 2 is 1.92 bits per heavy atom. The molecule has 1 aliphatic carbocycles. The van der Waals surface area contributed by atoms with Crippen molar-refractivity contribution >= 4 is 5.78 Å². The Morgan fingerprint density at radius 1 is 1.17 bits per heavy atom. The van der Waals surface area contributed by atoms with Crippen LogP contribution in [0.4, 0.5) is 0 Å². The molecule has 1 heterocycles. The second-order valence-corrected chi connectivity index (χ2v) is 6.58. The van der Waals surface area contributed by atoms with Crippen LogP contribution in [0, 0.1) is 0 Å². The summed E-state index contributed by atoms with van der Waals surface area (Å²) < 4.78 is 6.14. The van der Waals surface area contributed by atoms with Crippen LogP contribution in [0.5, 0.6) is 5.75 Å². The second-order valence-electron chi connectivity index (χ2n) is 6.58.